The Kier molecular flexibility index (Phi) is 4.98. The number of fused-ring (bicyclic) bond motifs is 1. The SMILES string of the molecule is CCOC(=O)C1=C2SCC(=O)N2C(C(=O)OCC)CS1. The molecular formula is C12H15NO5S2. The molecule has 1 fully saturated rings. The Hall–Kier alpha value is -1.15. The third kappa shape index (κ3) is 2.80. The third-order valence-electron chi connectivity index (χ3n) is 2.73. The van der Waals surface area contributed by atoms with E-state index in [1.807, 2.05) is 0 Å². The molecular weight excluding hydrogens is 302 g/mol. The van der Waals surface area contributed by atoms with Gasteiger partial charge in [-0.05, 0) is 13.8 Å². The predicted molar refractivity (Wildman–Crippen MR) is 75.8 cm³/mol. The minimum absolute atomic E-state index is 0.176. The van der Waals surface area contributed by atoms with Gasteiger partial charge in [-0.3, -0.25) is 9.69 Å². The molecule has 0 aromatic carbocycles. The van der Waals surface area contributed by atoms with Crippen LogP contribution in [0.2, 0.25) is 0 Å². The molecule has 1 unspecified atom stereocenters. The van der Waals surface area contributed by atoms with Crippen molar-refractivity contribution in [3.05, 3.63) is 9.93 Å². The molecule has 0 aromatic heterocycles. The highest BCUT2D eigenvalue weighted by Crippen LogP contribution is 2.42. The Balaban J connectivity index is 2.28. The van der Waals surface area contributed by atoms with E-state index in [2.05, 4.69) is 0 Å². The lowest BCUT2D eigenvalue weighted by Gasteiger charge is -2.31. The first-order chi connectivity index (χ1) is 9.60. The third-order valence-corrected chi connectivity index (χ3v) is 5.06. The fraction of sp³-hybridized carbons (Fsp3) is 0.583. The second-order valence-electron chi connectivity index (χ2n) is 3.99. The normalized spacial score (nSPS) is 21.8. The number of rotatable bonds is 4. The molecule has 2 aliphatic rings. The van der Waals surface area contributed by atoms with Crippen LogP contribution in [0.25, 0.3) is 0 Å². The highest BCUT2D eigenvalue weighted by atomic mass is 32.2. The van der Waals surface area contributed by atoms with Crippen LogP contribution in [0.5, 0.6) is 0 Å². The van der Waals surface area contributed by atoms with E-state index in [0.29, 0.717) is 15.7 Å². The Morgan fingerprint density at radius 1 is 1.25 bits per heavy atom. The summed E-state index contributed by atoms with van der Waals surface area (Å²) < 4.78 is 9.97. The van der Waals surface area contributed by atoms with Gasteiger partial charge in [0.25, 0.3) is 0 Å². The van der Waals surface area contributed by atoms with Crippen molar-refractivity contribution in [2.24, 2.45) is 0 Å². The minimum Gasteiger partial charge on any atom is -0.464 e. The second kappa shape index (κ2) is 6.53. The largest absolute Gasteiger partial charge is 0.464 e. The van der Waals surface area contributed by atoms with Gasteiger partial charge in [-0.25, -0.2) is 9.59 Å². The number of amides is 1. The Bertz CT molecular complexity index is 476. The van der Waals surface area contributed by atoms with Crippen LogP contribution >= 0.6 is 23.5 Å². The maximum atomic E-state index is 12.0. The zero-order valence-electron chi connectivity index (χ0n) is 11.2. The van der Waals surface area contributed by atoms with Gasteiger partial charge in [0, 0.05) is 5.75 Å². The van der Waals surface area contributed by atoms with E-state index in [-0.39, 0.29) is 24.9 Å². The van der Waals surface area contributed by atoms with Crippen molar-refractivity contribution >= 4 is 41.4 Å². The summed E-state index contributed by atoms with van der Waals surface area (Å²) in [5.41, 5.74) is 0. The maximum Gasteiger partial charge on any atom is 0.347 e. The van der Waals surface area contributed by atoms with Crippen molar-refractivity contribution < 1.29 is 23.9 Å². The zero-order chi connectivity index (χ0) is 14.7. The summed E-state index contributed by atoms with van der Waals surface area (Å²) in [6.07, 6.45) is 0. The van der Waals surface area contributed by atoms with E-state index in [0.717, 1.165) is 0 Å². The van der Waals surface area contributed by atoms with Crippen molar-refractivity contribution in [2.45, 2.75) is 19.9 Å². The maximum absolute atomic E-state index is 12.0. The van der Waals surface area contributed by atoms with E-state index < -0.39 is 18.0 Å². The number of nitrogens with zero attached hydrogens (tertiary/aromatic N) is 1. The summed E-state index contributed by atoms with van der Waals surface area (Å²) in [5, 5.41) is 0.516. The van der Waals surface area contributed by atoms with Crippen molar-refractivity contribution in [1.29, 1.82) is 0 Å². The molecule has 0 spiro atoms. The summed E-state index contributed by atoms with van der Waals surface area (Å²) in [6.45, 7) is 3.98. The van der Waals surface area contributed by atoms with Crippen molar-refractivity contribution in [1.82, 2.24) is 4.90 Å². The molecule has 2 heterocycles. The molecule has 6 nitrogen and oxygen atoms in total. The predicted octanol–water partition coefficient (Wildman–Crippen LogP) is 0.972. The highest BCUT2D eigenvalue weighted by Gasteiger charge is 2.44. The highest BCUT2D eigenvalue weighted by molar-refractivity contribution is 8.08. The molecule has 0 bridgehead atoms. The molecule has 0 saturated carbocycles. The van der Waals surface area contributed by atoms with Gasteiger partial charge >= 0.3 is 11.9 Å². The van der Waals surface area contributed by atoms with Gasteiger partial charge in [0.05, 0.1) is 19.0 Å². The van der Waals surface area contributed by atoms with Crippen LogP contribution in [0.4, 0.5) is 0 Å². The number of esters is 2. The zero-order valence-corrected chi connectivity index (χ0v) is 12.8. The molecule has 20 heavy (non-hydrogen) atoms. The second-order valence-corrected chi connectivity index (χ2v) is 5.98. The molecule has 0 aliphatic carbocycles. The van der Waals surface area contributed by atoms with E-state index in [9.17, 15) is 14.4 Å². The Morgan fingerprint density at radius 2 is 1.95 bits per heavy atom. The Labute approximate surface area is 125 Å². The molecule has 0 N–H and O–H groups in total. The lowest BCUT2D eigenvalue weighted by molar-refractivity contribution is -0.151. The summed E-state index contributed by atoms with van der Waals surface area (Å²) in [5.74, 6) is -0.513. The standard InChI is InChI=1S/C12H15NO5S2/c1-3-17-11(15)7-5-19-9(12(16)18-4-2)10-13(7)8(14)6-20-10/h7H,3-6H2,1-2H3. The number of thioether (sulfide) groups is 2. The van der Waals surface area contributed by atoms with Crippen LogP contribution in [0, 0.1) is 0 Å². The summed E-state index contributed by atoms with van der Waals surface area (Å²) >= 11 is 2.50. The molecule has 1 amide bonds. The van der Waals surface area contributed by atoms with Crippen LogP contribution in [0.1, 0.15) is 13.8 Å². The quantitative estimate of drug-likeness (QED) is 0.715. The summed E-state index contributed by atoms with van der Waals surface area (Å²) in [7, 11) is 0. The van der Waals surface area contributed by atoms with E-state index in [4.69, 9.17) is 9.47 Å². The molecule has 0 radical (unpaired) electrons. The van der Waals surface area contributed by atoms with Gasteiger partial charge in [0.15, 0.2) is 0 Å². The van der Waals surface area contributed by atoms with E-state index >= 15 is 0 Å². The van der Waals surface area contributed by atoms with Gasteiger partial charge in [-0.1, -0.05) is 11.8 Å². The Morgan fingerprint density at radius 3 is 2.60 bits per heavy atom. The monoisotopic (exact) mass is 317 g/mol. The average molecular weight is 317 g/mol. The minimum atomic E-state index is -0.657. The molecule has 110 valence electrons. The average Bonchev–Trinajstić information content (AvgIpc) is 2.81. The van der Waals surface area contributed by atoms with Crippen LogP contribution in [-0.2, 0) is 23.9 Å². The van der Waals surface area contributed by atoms with Gasteiger partial charge in [-0.2, -0.15) is 0 Å². The molecule has 0 aromatic rings. The smallest absolute Gasteiger partial charge is 0.347 e. The van der Waals surface area contributed by atoms with Crippen LogP contribution in [0.3, 0.4) is 0 Å². The van der Waals surface area contributed by atoms with E-state index in [1.165, 1.54) is 28.4 Å². The first-order valence-electron chi connectivity index (χ1n) is 6.25. The van der Waals surface area contributed by atoms with Crippen molar-refractivity contribution in [3.8, 4) is 0 Å². The summed E-state index contributed by atoms with van der Waals surface area (Å²) in [4.78, 5) is 37.5. The fourth-order valence-electron chi connectivity index (χ4n) is 1.93. The number of carbonyl (C=O) groups is 3. The van der Waals surface area contributed by atoms with Gasteiger partial charge < -0.3 is 9.47 Å². The van der Waals surface area contributed by atoms with Crippen molar-refractivity contribution in [3.63, 3.8) is 0 Å². The van der Waals surface area contributed by atoms with Gasteiger partial charge in [0.2, 0.25) is 5.91 Å². The fourth-order valence-corrected chi connectivity index (χ4v) is 4.27. The molecule has 2 aliphatic heterocycles. The number of hydrogen-bond acceptors (Lipinski definition) is 7. The van der Waals surface area contributed by atoms with E-state index in [1.54, 1.807) is 13.8 Å². The molecule has 2 rings (SSSR count). The topological polar surface area (TPSA) is 72.9 Å². The lowest BCUT2D eigenvalue weighted by atomic mass is 10.3. The first-order valence-corrected chi connectivity index (χ1v) is 8.22. The van der Waals surface area contributed by atoms with Gasteiger partial charge in [-0.15, -0.1) is 11.8 Å². The number of carbonyl (C=O) groups excluding carboxylic acids is 3. The lowest BCUT2D eigenvalue weighted by Crippen LogP contribution is -2.46. The molecule has 1 atom stereocenters. The summed E-state index contributed by atoms with van der Waals surface area (Å²) in [6, 6.07) is -0.657. The van der Waals surface area contributed by atoms with Crippen LogP contribution < -0.4 is 0 Å². The number of ether oxygens (including phenoxy) is 2. The van der Waals surface area contributed by atoms with Crippen LogP contribution in [-0.4, -0.2) is 53.5 Å². The van der Waals surface area contributed by atoms with Crippen LogP contribution in [0.15, 0.2) is 9.93 Å². The number of hydrogen-bond donors (Lipinski definition) is 0. The van der Waals surface area contributed by atoms with Crippen molar-refractivity contribution in [2.75, 3.05) is 24.7 Å². The molecule has 8 heteroatoms. The van der Waals surface area contributed by atoms with Gasteiger partial charge in [0.1, 0.15) is 16.0 Å². The molecule has 1 saturated heterocycles. The first kappa shape index (κ1) is 15.2.